The van der Waals surface area contributed by atoms with Crippen molar-refractivity contribution in [1.82, 2.24) is 0 Å². The summed E-state index contributed by atoms with van der Waals surface area (Å²) in [6.07, 6.45) is 1.30. The van der Waals surface area contributed by atoms with Crippen molar-refractivity contribution in [2.45, 2.75) is 52.6 Å². The maximum atomic E-state index is 12.4. The van der Waals surface area contributed by atoms with E-state index in [1.54, 1.807) is 12.1 Å². The van der Waals surface area contributed by atoms with Crippen LogP contribution >= 0.6 is 22.6 Å². The Morgan fingerprint density at radius 1 is 1.08 bits per heavy atom. The number of carboxylic acids is 1. The van der Waals surface area contributed by atoms with Crippen molar-refractivity contribution < 1.29 is 69.8 Å². The summed E-state index contributed by atoms with van der Waals surface area (Å²) >= 11 is 2.03. The van der Waals surface area contributed by atoms with Crippen molar-refractivity contribution >= 4 is 45.3 Å². The molecule has 0 bridgehead atoms. The molecular weight excluding hydrogens is 618 g/mol. The van der Waals surface area contributed by atoms with Gasteiger partial charge in [0.25, 0.3) is 0 Å². The maximum absolute atomic E-state index is 12.4. The van der Waals surface area contributed by atoms with Gasteiger partial charge in [0.05, 0.1) is 14.5 Å². The molecule has 1 atom stereocenters. The van der Waals surface area contributed by atoms with Gasteiger partial charge >= 0.3 is 35.5 Å². The molecule has 11 heteroatoms. The standard InChI is InChI=1S/C27H29IO9.Na.H/c1-4-6-17-22(9-8-16-21(31)11-23(27(33)34)37-25(16)17)35-12-15(30)13-36-26-18(7-5-2)24(32)19(14(3)29)10-20(26)28;;/h8-11,15,30,32H,4-7,12-13H2,1-3H3,(H,33,34);;/q;+1;-1. The zero-order chi connectivity index (χ0) is 27.3. The van der Waals surface area contributed by atoms with E-state index >= 15 is 0 Å². The van der Waals surface area contributed by atoms with Gasteiger partial charge in [-0.15, -0.1) is 0 Å². The van der Waals surface area contributed by atoms with E-state index in [9.17, 15) is 29.7 Å². The summed E-state index contributed by atoms with van der Waals surface area (Å²) < 4.78 is 17.8. The molecule has 3 rings (SSSR count). The largest absolute Gasteiger partial charge is 1.00 e. The third kappa shape index (κ3) is 7.29. The molecule has 38 heavy (non-hydrogen) atoms. The number of ketones is 1. The van der Waals surface area contributed by atoms with Crippen LogP contribution in [0.5, 0.6) is 17.2 Å². The summed E-state index contributed by atoms with van der Waals surface area (Å²) in [5, 5.41) is 30.7. The molecule has 0 aliphatic carbocycles. The van der Waals surface area contributed by atoms with Gasteiger partial charge in [0.1, 0.15) is 42.1 Å². The number of aromatic hydroxyl groups is 1. The molecule has 2 aromatic carbocycles. The van der Waals surface area contributed by atoms with E-state index in [4.69, 9.17) is 13.9 Å². The number of fused-ring (bicyclic) bond motifs is 1. The number of aliphatic hydroxyl groups excluding tert-OH is 1. The van der Waals surface area contributed by atoms with Crippen LogP contribution in [0.15, 0.2) is 33.5 Å². The Hall–Kier alpha value is -2.12. The fraction of sp³-hybridized carbons (Fsp3) is 0.370. The number of halogens is 1. The second-order valence-electron chi connectivity index (χ2n) is 8.59. The summed E-state index contributed by atoms with van der Waals surface area (Å²) in [6, 6.07) is 5.60. The topological polar surface area (TPSA) is 144 Å². The molecule has 0 radical (unpaired) electrons. The van der Waals surface area contributed by atoms with Gasteiger partial charge in [-0.2, -0.15) is 0 Å². The number of Topliss-reactive ketones (excluding diaryl/α,β-unsaturated/α-hetero) is 1. The quantitative estimate of drug-likeness (QED) is 0.152. The van der Waals surface area contributed by atoms with Gasteiger partial charge in [0, 0.05) is 17.2 Å². The number of aromatic carboxylic acids is 1. The molecule has 0 amide bonds. The number of hydrogen-bond acceptors (Lipinski definition) is 8. The molecule has 0 aliphatic heterocycles. The van der Waals surface area contributed by atoms with Crippen LogP contribution in [0.1, 0.15) is 67.1 Å². The van der Waals surface area contributed by atoms with E-state index in [1.165, 1.54) is 13.0 Å². The normalized spacial score (nSPS) is 11.6. The first kappa shape index (κ1) is 32.1. The molecule has 0 spiro atoms. The number of aryl methyl sites for hydroxylation is 1. The van der Waals surface area contributed by atoms with E-state index in [2.05, 4.69) is 0 Å². The first-order valence-electron chi connectivity index (χ1n) is 11.9. The van der Waals surface area contributed by atoms with Crippen molar-refractivity contribution in [3.05, 3.63) is 60.5 Å². The van der Waals surface area contributed by atoms with Crippen LogP contribution in [-0.4, -0.2) is 46.4 Å². The van der Waals surface area contributed by atoms with E-state index in [-0.39, 0.29) is 72.3 Å². The Balaban J connectivity index is 0.00000380. The Labute approximate surface area is 257 Å². The van der Waals surface area contributed by atoms with Gasteiger partial charge in [-0.1, -0.05) is 26.7 Å². The summed E-state index contributed by atoms with van der Waals surface area (Å²) in [5.74, 6) is -1.40. The van der Waals surface area contributed by atoms with Crippen LogP contribution in [-0.2, 0) is 12.8 Å². The number of phenolic OH excluding ortho intramolecular Hbond substituents is 1. The molecule has 3 N–H and O–H groups in total. The van der Waals surface area contributed by atoms with Crippen molar-refractivity contribution in [2.24, 2.45) is 0 Å². The Kier molecular flexibility index (Phi) is 12.1. The minimum atomic E-state index is -1.35. The number of phenols is 1. The smallest absolute Gasteiger partial charge is 1.00 e. The zero-order valence-electron chi connectivity index (χ0n) is 22.8. The average molecular weight is 648 g/mol. The number of carbonyl (C=O) groups excluding carboxylic acids is 1. The van der Waals surface area contributed by atoms with Crippen LogP contribution in [0.25, 0.3) is 11.0 Å². The fourth-order valence-corrected chi connectivity index (χ4v) is 4.77. The molecular formula is C27H30INaO9. The number of hydrogen-bond donors (Lipinski definition) is 3. The molecule has 0 fully saturated rings. The zero-order valence-corrected chi connectivity index (χ0v) is 26.0. The molecule has 1 unspecified atom stereocenters. The minimum absolute atomic E-state index is 0. The van der Waals surface area contributed by atoms with Gasteiger partial charge in [-0.05, 0) is 60.6 Å². The van der Waals surface area contributed by atoms with Crippen LogP contribution in [0, 0.1) is 3.57 Å². The first-order chi connectivity index (χ1) is 17.6. The summed E-state index contributed by atoms with van der Waals surface area (Å²) in [6.45, 7) is 4.96. The van der Waals surface area contributed by atoms with Crippen molar-refractivity contribution in [3.63, 3.8) is 0 Å². The van der Waals surface area contributed by atoms with Crippen LogP contribution in [0.3, 0.4) is 0 Å². The molecule has 9 nitrogen and oxygen atoms in total. The Morgan fingerprint density at radius 3 is 2.32 bits per heavy atom. The molecule has 0 saturated heterocycles. The van der Waals surface area contributed by atoms with Gasteiger partial charge in [-0.3, -0.25) is 9.59 Å². The van der Waals surface area contributed by atoms with E-state index in [0.717, 1.165) is 12.5 Å². The van der Waals surface area contributed by atoms with Crippen molar-refractivity contribution in [1.29, 1.82) is 0 Å². The number of ether oxygens (including phenoxy) is 2. The fourth-order valence-electron chi connectivity index (χ4n) is 3.98. The monoisotopic (exact) mass is 648 g/mol. The first-order valence-corrected chi connectivity index (χ1v) is 13.0. The molecule has 1 heterocycles. The molecule has 200 valence electrons. The van der Waals surface area contributed by atoms with Crippen LogP contribution < -0.4 is 44.5 Å². The van der Waals surface area contributed by atoms with Gasteiger partial charge in [-0.25, -0.2) is 4.79 Å². The molecule has 1 aromatic heterocycles. The van der Waals surface area contributed by atoms with Crippen molar-refractivity contribution in [2.75, 3.05) is 13.2 Å². The predicted octanol–water partition coefficient (Wildman–Crippen LogP) is 1.84. The molecule has 0 aliphatic rings. The third-order valence-corrected chi connectivity index (χ3v) is 6.50. The maximum Gasteiger partial charge on any atom is 1.00 e. The van der Waals surface area contributed by atoms with Crippen LogP contribution in [0.2, 0.25) is 0 Å². The number of carboxylic acid groups (broad SMARTS) is 1. The minimum Gasteiger partial charge on any atom is -1.00 e. The van der Waals surface area contributed by atoms with Crippen molar-refractivity contribution in [3.8, 4) is 17.2 Å². The SMILES string of the molecule is CCCc1c(O)c(C(C)=O)cc(I)c1OCC(O)COc1ccc2c(=O)cc(C(=O)O)oc2c1CCC.[H-].[Na+]. The third-order valence-electron chi connectivity index (χ3n) is 5.70. The number of benzene rings is 2. The van der Waals surface area contributed by atoms with E-state index < -0.39 is 23.3 Å². The summed E-state index contributed by atoms with van der Waals surface area (Å²) in [4.78, 5) is 35.6. The summed E-state index contributed by atoms with van der Waals surface area (Å²) in [5.41, 5.74) is 0.957. The van der Waals surface area contributed by atoms with E-state index in [1.807, 2.05) is 36.4 Å². The molecule has 3 aromatic rings. The van der Waals surface area contributed by atoms with E-state index in [0.29, 0.717) is 45.5 Å². The van der Waals surface area contributed by atoms with Gasteiger partial charge in [0.2, 0.25) is 5.76 Å². The number of carbonyl (C=O) groups is 2. The molecule has 0 saturated carbocycles. The van der Waals surface area contributed by atoms with Gasteiger partial charge in [0.15, 0.2) is 11.2 Å². The average Bonchev–Trinajstić information content (AvgIpc) is 2.85. The summed E-state index contributed by atoms with van der Waals surface area (Å²) in [7, 11) is 0. The Morgan fingerprint density at radius 2 is 1.71 bits per heavy atom. The second-order valence-corrected chi connectivity index (χ2v) is 9.76. The number of rotatable bonds is 12. The Bertz CT molecular complexity index is 1390. The van der Waals surface area contributed by atoms with Crippen LogP contribution in [0.4, 0.5) is 0 Å². The second kappa shape index (κ2) is 14.3. The number of aliphatic hydroxyl groups is 1. The van der Waals surface area contributed by atoms with Gasteiger partial charge < -0.3 is 30.6 Å². The predicted molar refractivity (Wildman–Crippen MR) is 146 cm³/mol.